The van der Waals surface area contributed by atoms with Gasteiger partial charge in [0.05, 0.1) is 6.42 Å². The number of nitrogens with two attached hydrogens (primary N) is 3. The highest BCUT2D eigenvalue weighted by Gasteiger charge is 2.36. The van der Waals surface area contributed by atoms with Crippen molar-refractivity contribution in [3.05, 3.63) is 48.0 Å². The molecule has 212 valence electrons. The molecule has 4 amide bonds. The molecule has 3 unspecified atom stereocenters. The number of carbonyl (C=O) groups is 4. The fraction of sp³-hybridized carbons (Fsp3) is 0.517. The second-order valence-electron chi connectivity index (χ2n) is 10.2. The summed E-state index contributed by atoms with van der Waals surface area (Å²) in [7, 11) is 0. The van der Waals surface area contributed by atoms with Gasteiger partial charge in [-0.1, -0.05) is 42.5 Å². The molecule has 2 aromatic rings. The molecule has 10 nitrogen and oxygen atoms in total. The first kappa shape index (κ1) is 30.0. The van der Waals surface area contributed by atoms with Gasteiger partial charge in [-0.15, -0.1) is 0 Å². The Morgan fingerprint density at radius 1 is 0.872 bits per heavy atom. The number of nitrogens with zero attached hydrogens (tertiary/aromatic N) is 1. The van der Waals surface area contributed by atoms with Gasteiger partial charge >= 0.3 is 0 Å². The molecule has 0 radical (unpaired) electrons. The maximum atomic E-state index is 13.4. The summed E-state index contributed by atoms with van der Waals surface area (Å²) in [5, 5.41) is 7.62. The van der Waals surface area contributed by atoms with Crippen LogP contribution in [0.5, 0.6) is 0 Å². The molecule has 0 saturated carbocycles. The summed E-state index contributed by atoms with van der Waals surface area (Å²) in [6, 6.07) is 11.4. The van der Waals surface area contributed by atoms with E-state index in [1.54, 1.807) is 4.90 Å². The monoisotopic (exact) mass is 538 g/mol. The highest BCUT2D eigenvalue weighted by molar-refractivity contribution is 5.95. The van der Waals surface area contributed by atoms with E-state index in [-0.39, 0.29) is 18.2 Å². The van der Waals surface area contributed by atoms with Crippen LogP contribution in [-0.2, 0) is 25.6 Å². The Kier molecular flexibility index (Phi) is 11.7. The third kappa shape index (κ3) is 8.49. The van der Waals surface area contributed by atoms with Crippen LogP contribution < -0.4 is 27.8 Å². The Morgan fingerprint density at radius 2 is 1.54 bits per heavy atom. The van der Waals surface area contributed by atoms with E-state index >= 15 is 0 Å². The number of nitrogens with one attached hydrogen (secondary N) is 2. The van der Waals surface area contributed by atoms with E-state index in [2.05, 4.69) is 10.6 Å². The first-order valence-corrected chi connectivity index (χ1v) is 13.9. The fourth-order valence-electron chi connectivity index (χ4n) is 5.13. The maximum absolute atomic E-state index is 13.4. The lowest BCUT2D eigenvalue weighted by Crippen LogP contribution is -2.56. The number of hydrogen-bond donors (Lipinski definition) is 5. The van der Waals surface area contributed by atoms with Crippen LogP contribution in [0.2, 0.25) is 0 Å². The predicted octanol–water partition coefficient (Wildman–Crippen LogP) is 1.09. The number of fused-ring (bicyclic) bond motifs is 1. The molecule has 0 bridgehead atoms. The van der Waals surface area contributed by atoms with Gasteiger partial charge in [0, 0.05) is 6.54 Å². The summed E-state index contributed by atoms with van der Waals surface area (Å²) >= 11 is 0. The number of rotatable bonds is 15. The van der Waals surface area contributed by atoms with E-state index in [9.17, 15) is 19.2 Å². The second kappa shape index (κ2) is 15.2. The third-order valence-electron chi connectivity index (χ3n) is 7.28. The van der Waals surface area contributed by atoms with Crippen molar-refractivity contribution >= 4 is 34.4 Å². The Hall–Kier alpha value is -3.50. The molecular formula is C29H42N6O4. The number of carbonyl (C=O) groups excluding carboxylic acids is 4. The molecule has 0 aliphatic carbocycles. The van der Waals surface area contributed by atoms with Crippen molar-refractivity contribution in [2.75, 3.05) is 19.6 Å². The van der Waals surface area contributed by atoms with Gasteiger partial charge in [0.2, 0.25) is 23.6 Å². The van der Waals surface area contributed by atoms with E-state index in [1.807, 2.05) is 42.5 Å². The Balaban J connectivity index is 1.68. The second-order valence-corrected chi connectivity index (χ2v) is 10.2. The zero-order chi connectivity index (χ0) is 28.2. The molecular weight excluding hydrogens is 496 g/mol. The molecule has 1 saturated heterocycles. The average Bonchev–Trinajstić information content (AvgIpc) is 3.43. The Labute approximate surface area is 230 Å². The number of unbranched alkanes of at least 4 members (excludes halogenated alkanes) is 2. The first-order valence-electron chi connectivity index (χ1n) is 13.9. The van der Waals surface area contributed by atoms with Crippen molar-refractivity contribution in [2.24, 2.45) is 17.2 Å². The van der Waals surface area contributed by atoms with Gasteiger partial charge < -0.3 is 32.7 Å². The lowest BCUT2D eigenvalue weighted by molar-refractivity contribution is -0.139. The molecule has 2 aromatic carbocycles. The Morgan fingerprint density at radius 3 is 2.23 bits per heavy atom. The SMILES string of the molecule is NCCCCC(NC(=O)C(CCCCN)NC(=O)C1CCCN1C(=O)Cc1cccc2ccccc12)C(N)=O. The lowest BCUT2D eigenvalue weighted by atomic mass is 10.0. The molecule has 3 rings (SSSR count). The summed E-state index contributed by atoms with van der Waals surface area (Å²) in [5.41, 5.74) is 17.6. The summed E-state index contributed by atoms with van der Waals surface area (Å²) in [4.78, 5) is 53.4. The topological polar surface area (TPSA) is 174 Å². The molecule has 1 heterocycles. The standard InChI is InChI=1S/C29H42N6O4/c30-16-5-3-13-23(27(32)37)33-28(38)24(14-4-6-17-31)34-29(39)25-15-8-18-35(25)26(36)19-21-11-7-10-20-9-1-2-12-22(20)21/h1-2,7,9-12,23-25H,3-6,8,13-19,30-31H2,(H2,32,37)(H,33,38)(H,34,39). The zero-order valence-electron chi connectivity index (χ0n) is 22.6. The molecule has 39 heavy (non-hydrogen) atoms. The Bertz CT molecular complexity index is 1130. The summed E-state index contributed by atoms with van der Waals surface area (Å²) in [6.45, 7) is 1.43. The molecule has 8 N–H and O–H groups in total. The van der Waals surface area contributed by atoms with Gasteiger partial charge in [0.1, 0.15) is 18.1 Å². The summed E-state index contributed by atoms with van der Waals surface area (Å²) in [6.07, 6.45) is 4.81. The van der Waals surface area contributed by atoms with E-state index < -0.39 is 29.9 Å². The molecule has 3 atom stereocenters. The largest absolute Gasteiger partial charge is 0.368 e. The maximum Gasteiger partial charge on any atom is 0.243 e. The minimum Gasteiger partial charge on any atom is -0.368 e. The normalized spacial score (nSPS) is 16.6. The van der Waals surface area contributed by atoms with E-state index in [1.165, 1.54) is 0 Å². The van der Waals surface area contributed by atoms with Crippen LogP contribution in [0.1, 0.15) is 56.9 Å². The van der Waals surface area contributed by atoms with Gasteiger partial charge in [-0.25, -0.2) is 0 Å². The van der Waals surface area contributed by atoms with Gasteiger partial charge in [-0.2, -0.15) is 0 Å². The van der Waals surface area contributed by atoms with E-state index in [0.717, 1.165) is 16.3 Å². The van der Waals surface area contributed by atoms with Crippen LogP contribution in [0.15, 0.2) is 42.5 Å². The number of amides is 4. The third-order valence-corrected chi connectivity index (χ3v) is 7.28. The number of benzene rings is 2. The predicted molar refractivity (Wildman–Crippen MR) is 151 cm³/mol. The number of hydrogen-bond acceptors (Lipinski definition) is 6. The van der Waals surface area contributed by atoms with Crippen LogP contribution >= 0.6 is 0 Å². The summed E-state index contributed by atoms with van der Waals surface area (Å²) < 4.78 is 0. The van der Waals surface area contributed by atoms with Crippen molar-refractivity contribution in [1.82, 2.24) is 15.5 Å². The minimum absolute atomic E-state index is 0.123. The van der Waals surface area contributed by atoms with Crippen molar-refractivity contribution in [2.45, 2.75) is 75.9 Å². The van der Waals surface area contributed by atoms with Gasteiger partial charge in [-0.05, 0) is 80.8 Å². The smallest absolute Gasteiger partial charge is 0.243 e. The van der Waals surface area contributed by atoms with Crippen LogP contribution in [-0.4, -0.2) is 66.3 Å². The molecule has 10 heteroatoms. The zero-order valence-corrected chi connectivity index (χ0v) is 22.6. The first-order chi connectivity index (χ1) is 18.8. The molecule has 1 aliphatic rings. The molecule has 1 fully saturated rings. The lowest BCUT2D eigenvalue weighted by Gasteiger charge is -2.27. The van der Waals surface area contributed by atoms with Crippen molar-refractivity contribution in [3.63, 3.8) is 0 Å². The summed E-state index contributed by atoms with van der Waals surface area (Å²) in [5.74, 6) is -1.59. The van der Waals surface area contributed by atoms with Crippen LogP contribution in [0, 0.1) is 0 Å². The van der Waals surface area contributed by atoms with Crippen molar-refractivity contribution < 1.29 is 19.2 Å². The van der Waals surface area contributed by atoms with Crippen LogP contribution in [0.25, 0.3) is 10.8 Å². The molecule has 0 spiro atoms. The van der Waals surface area contributed by atoms with Crippen molar-refractivity contribution in [3.8, 4) is 0 Å². The number of primary amides is 1. The number of likely N-dealkylation sites (tertiary alicyclic amines) is 1. The highest BCUT2D eigenvalue weighted by atomic mass is 16.2. The van der Waals surface area contributed by atoms with E-state index in [0.29, 0.717) is 71.0 Å². The fourth-order valence-corrected chi connectivity index (χ4v) is 5.13. The van der Waals surface area contributed by atoms with Gasteiger partial charge in [0.25, 0.3) is 0 Å². The highest BCUT2D eigenvalue weighted by Crippen LogP contribution is 2.23. The average molecular weight is 539 g/mol. The van der Waals surface area contributed by atoms with Crippen LogP contribution in [0.3, 0.4) is 0 Å². The van der Waals surface area contributed by atoms with Gasteiger partial charge in [-0.3, -0.25) is 19.2 Å². The molecule has 0 aromatic heterocycles. The van der Waals surface area contributed by atoms with E-state index in [4.69, 9.17) is 17.2 Å². The van der Waals surface area contributed by atoms with Crippen LogP contribution in [0.4, 0.5) is 0 Å². The quantitative estimate of drug-likeness (QED) is 0.212. The van der Waals surface area contributed by atoms with Crippen molar-refractivity contribution in [1.29, 1.82) is 0 Å². The minimum atomic E-state index is -0.865. The van der Waals surface area contributed by atoms with Gasteiger partial charge in [0.15, 0.2) is 0 Å². The molecule has 1 aliphatic heterocycles.